The molecule has 0 N–H and O–H groups in total. The summed E-state index contributed by atoms with van der Waals surface area (Å²) in [7, 11) is 1.68. The fourth-order valence-corrected chi connectivity index (χ4v) is 6.10. The number of amides is 2. The van der Waals surface area contributed by atoms with E-state index in [2.05, 4.69) is 34.1 Å². The number of ether oxygens (including phenoxy) is 1. The van der Waals surface area contributed by atoms with Gasteiger partial charge in [-0.05, 0) is 87.2 Å². The molecule has 244 valence electrons. The molecule has 1 saturated heterocycles. The first-order valence-corrected chi connectivity index (χ1v) is 16.4. The van der Waals surface area contributed by atoms with Crippen LogP contribution < -0.4 is 14.5 Å². The van der Waals surface area contributed by atoms with Crippen molar-refractivity contribution in [1.29, 1.82) is 5.26 Å². The van der Waals surface area contributed by atoms with Gasteiger partial charge in [0.1, 0.15) is 6.29 Å². The van der Waals surface area contributed by atoms with E-state index in [9.17, 15) is 19.2 Å². The Balaban J connectivity index is 1.45. The van der Waals surface area contributed by atoms with Crippen molar-refractivity contribution in [3.8, 4) is 22.9 Å². The molecule has 4 rings (SSSR count). The molecule has 0 saturated carbocycles. The molecule has 1 aliphatic rings. The summed E-state index contributed by atoms with van der Waals surface area (Å²) in [5.74, 6) is -0.576. The van der Waals surface area contributed by atoms with Crippen LogP contribution in [0.25, 0.3) is 11.1 Å². The highest BCUT2D eigenvalue weighted by Crippen LogP contribution is 2.37. The first kappa shape index (κ1) is 34.7. The standard InChI is InChI=1S/C36H43ClFN5O3/c1-4-42(20-19-41(16-8-9-21-44)26-27-10-13-30(14-11-27)43-17-6-7-18-43)36(45)40(3)34-15-12-29(24-32(34)37)31-22-28(25-39)23-33(38)35(31)46-5-2/h10-15,21-24H,4-9,16-20,26H2,1-3H3. The largest absolute Gasteiger partial charge is 0.490 e. The van der Waals surface area contributed by atoms with Crippen molar-refractivity contribution in [1.82, 2.24) is 9.80 Å². The van der Waals surface area contributed by atoms with E-state index >= 15 is 0 Å². The van der Waals surface area contributed by atoms with Crippen molar-refractivity contribution in [3.63, 3.8) is 0 Å². The second-order valence-electron chi connectivity index (χ2n) is 11.4. The Kier molecular flexibility index (Phi) is 12.8. The van der Waals surface area contributed by atoms with E-state index in [1.807, 2.05) is 13.0 Å². The van der Waals surface area contributed by atoms with Gasteiger partial charge in [-0.15, -0.1) is 0 Å². The number of carbonyl (C=O) groups is 2. The van der Waals surface area contributed by atoms with Crippen LogP contribution in [0, 0.1) is 17.1 Å². The van der Waals surface area contributed by atoms with Crippen LogP contribution in [-0.4, -0.2) is 75.0 Å². The lowest BCUT2D eigenvalue weighted by Gasteiger charge is -2.31. The van der Waals surface area contributed by atoms with Gasteiger partial charge >= 0.3 is 6.03 Å². The van der Waals surface area contributed by atoms with Gasteiger partial charge in [0.15, 0.2) is 11.6 Å². The number of benzene rings is 3. The van der Waals surface area contributed by atoms with Gasteiger partial charge in [0.2, 0.25) is 0 Å². The number of halogens is 2. The molecule has 0 bridgehead atoms. The van der Waals surface area contributed by atoms with E-state index in [1.54, 1.807) is 43.1 Å². The predicted molar refractivity (Wildman–Crippen MR) is 182 cm³/mol. The van der Waals surface area contributed by atoms with Crippen molar-refractivity contribution in [2.45, 2.75) is 46.1 Å². The number of nitriles is 1. The number of nitrogens with zero attached hydrogens (tertiary/aromatic N) is 5. The number of rotatable bonds is 15. The summed E-state index contributed by atoms with van der Waals surface area (Å²) < 4.78 is 20.3. The molecule has 0 aromatic heterocycles. The van der Waals surface area contributed by atoms with E-state index in [0.29, 0.717) is 47.9 Å². The number of anilines is 2. The number of carbonyl (C=O) groups excluding carboxylic acids is 2. The lowest BCUT2D eigenvalue weighted by molar-refractivity contribution is -0.108. The van der Waals surface area contributed by atoms with Crippen LogP contribution in [0.2, 0.25) is 5.02 Å². The van der Waals surface area contributed by atoms with E-state index in [1.165, 1.54) is 29.0 Å². The quantitative estimate of drug-likeness (QED) is 0.127. The third-order valence-corrected chi connectivity index (χ3v) is 8.62. The second kappa shape index (κ2) is 17.0. The second-order valence-corrected chi connectivity index (χ2v) is 11.8. The Labute approximate surface area is 276 Å². The molecule has 3 aromatic carbocycles. The summed E-state index contributed by atoms with van der Waals surface area (Å²) >= 11 is 6.70. The molecule has 3 aromatic rings. The van der Waals surface area contributed by atoms with Gasteiger partial charge in [0.05, 0.1) is 28.9 Å². The summed E-state index contributed by atoms with van der Waals surface area (Å²) in [5, 5.41) is 9.67. The topological polar surface area (TPSA) is 80.1 Å². The molecular formula is C36H43ClFN5O3. The van der Waals surface area contributed by atoms with E-state index in [0.717, 1.165) is 45.0 Å². The maximum atomic E-state index is 14.7. The van der Waals surface area contributed by atoms with E-state index in [-0.39, 0.29) is 24.0 Å². The smallest absolute Gasteiger partial charge is 0.324 e. The number of hydrogen-bond acceptors (Lipinski definition) is 6. The molecule has 46 heavy (non-hydrogen) atoms. The SMILES string of the molecule is CCOc1c(F)cc(C#N)cc1-c1ccc(N(C)C(=O)N(CC)CCN(CCCC=O)Cc2ccc(N3CCCC3)cc2)c(Cl)c1. The Hall–Kier alpha value is -4.13. The fourth-order valence-electron chi connectivity index (χ4n) is 5.79. The normalized spacial score (nSPS) is 12.7. The molecule has 1 aliphatic heterocycles. The zero-order valence-corrected chi connectivity index (χ0v) is 27.7. The van der Waals surface area contributed by atoms with Gasteiger partial charge in [0.25, 0.3) is 0 Å². The van der Waals surface area contributed by atoms with Crippen LogP contribution in [0.15, 0.2) is 54.6 Å². The van der Waals surface area contributed by atoms with E-state index in [4.69, 9.17) is 16.3 Å². The van der Waals surface area contributed by atoms with Crippen molar-refractivity contribution in [2.75, 3.05) is 62.7 Å². The predicted octanol–water partition coefficient (Wildman–Crippen LogP) is 7.38. The summed E-state index contributed by atoms with van der Waals surface area (Å²) in [6.07, 6.45) is 4.67. The summed E-state index contributed by atoms with van der Waals surface area (Å²) in [6, 6.07) is 18.3. The van der Waals surface area contributed by atoms with Crippen molar-refractivity contribution in [3.05, 3.63) is 76.6 Å². The minimum Gasteiger partial charge on any atom is -0.490 e. The Morgan fingerprint density at radius 2 is 1.80 bits per heavy atom. The van der Waals surface area contributed by atoms with Gasteiger partial charge in [-0.3, -0.25) is 9.80 Å². The summed E-state index contributed by atoms with van der Waals surface area (Å²) in [4.78, 5) is 32.7. The first-order valence-electron chi connectivity index (χ1n) is 16.0. The van der Waals surface area contributed by atoms with Crippen LogP contribution in [0.1, 0.15) is 50.7 Å². The molecule has 0 spiro atoms. The van der Waals surface area contributed by atoms with Gasteiger partial charge < -0.3 is 19.3 Å². The van der Waals surface area contributed by atoms with E-state index < -0.39 is 5.82 Å². The molecule has 1 heterocycles. The minimum absolute atomic E-state index is 0.0483. The van der Waals surface area contributed by atoms with Crippen LogP contribution in [0.5, 0.6) is 5.75 Å². The number of hydrogen-bond donors (Lipinski definition) is 0. The van der Waals surface area contributed by atoms with Crippen molar-refractivity contribution in [2.24, 2.45) is 0 Å². The van der Waals surface area contributed by atoms with Crippen molar-refractivity contribution < 1.29 is 18.7 Å². The number of aldehydes is 1. The zero-order chi connectivity index (χ0) is 33.1. The van der Waals surface area contributed by atoms with Gasteiger partial charge in [-0.25, -0.2) is 9.18 Å². The van der Waals surface area contributed by atoms with Gasteiger partial charge in [-0.1, -0.05) is 29.8 Å². The third-order valence-electron chi connectivity index (χ3n) is 8.32. The highest BCUT2D eigenvalue weighted by atomic mass is 35.5. The zero-order valence-electron chi connectivity index (χ0n) is 27.0. The molecule has 2 amide bonds. The van der Waals surface area contributed by atoms with Gasteiger partial charge in [-0.2, -0.15) is 5.26 Å². The Bertz CT molecular complexity index is 1520. The maximum Gasteiger partial charge on any atom is 0.324 e. The maximum absolute atomic E-state index is 14.7. The lowest BCUT2D eigenvalue weighted by atomic mass is 10.0. The average molecular weight is 648 g/mol. The number of likely N-dealkylation sites (N-methyl/N-ethyl adjacent to an activating group) is 1. The molecule has 0 radical (unpaired) electrons. The molecule has 0 unspecified atom stereocenters. The van der Waals surface area contributed by atoms with Crippen LogP contribution in [0.4, 0.5) is 20.6 Å². The van der Waals surface area contributed by atoms with Gasteiger partial charge in [0, 0.05) is 64.0 Å². The first-order chi connectivity index (χ1) is 22.3. The number of unbranched alkanes of at least 4 members (excludes halogenated alkanes) is 1. The van der Waals surface area contributed by atoms with Crippen LogP contribution >= 0.6 is 11.6 Å². The van der Waals surface area contributed by atoms with Crippen LogP contribution in [0.3, 0.4) is 0 Å². The minimum atomic E-state index is -0.624. The monoisotopic (exact) mass is 647 g/mol. The third kappa shape index (κ3) is 8.77. The molecule has 8 nitrogen and oxygen atoms in total. The fraction of sp³-hybridized carbons (Fsp3) is 0.417. The highest BCUT2D eigenvalue weighted by molar-refractivity contribution is 6.34. The average Bonchev–Trinajstić information content (AvgIpc) is 3.61. The lowest BCUT2D eigenvalue weighted by Crippen LogP contribution is -2.45. The molecule has 1 fully saturated rings. The molecule has 10 heteroatoms. The molecule has 0 atom stereocenters. The molecular weight excluding hydrogens is 605 g/mol. The Morgan fingerprint density at radius 1 is 1.07 bits per heavy atom. The Morgan fingerprint density at radius 3 is 2.43 bits per heavy atom. The number of urea groups is 1. The molecule has 0 aliphatic carbocycles. The van der Waals surface area contributed by atoms with Crippen molar-refractivity contribution >= 4 is 35.3 Å². The van der Waals surface area contributed by atoms with Crippen LogP contribution in [-0.2, 0) is 11.3 Å². The highest BCUT2D eigenvalue weighted by Gasteiger charge is 2.22. The summed E-state index contributed by atoms with van der Waals surface area (Å²) in [5.41, 5.74) is 4.10. The summed E-state index contributed by atoms with van der Waals surface area (Å²) in [6.45, 7) is 9.29.